The molecule has 2 unspecified atom stereocenters. The molecule has 0 heterocycles. The van der Waals surface area contributed by atoms with Gasteiger partial charge in [0, 0.05) is 26.8 Å². The van der Waals surface area contributed by atoms with Crippen molar-refractivity contribution in [1.29, 1.82) is 0 Å². The van der Waals surface area contributed by atoms with Crippen LogP contribution < -0.4 is 5.32 Å². The van der Waals surface area contributed by atoms with Gasteiger partial charge < -0.3 is 20.1 Å². The number of carboxylic acid groups (broad SMARTS) is 1. The summed E-state index contributed by atoms with van der Waals surface area (Å²) in [6.07, 6.45) is 3.86. The molecule has 0 aromatic heterocycles. The van der Waals surface area contributed by atoms with E-state index in [-0.39, 0.29) is 12.1 Å². The van der Waals surface area contributed by atoms with Gasteiger partial charge in [0.1, 0.15) is 6.04 Å². The maximum Gasteiger partial charge on any atom is 0.326 e. The summed E-state index contributed by atoms with van der Waals surface area (Å²) in [5.74, 6) is -0.0470. The van der Waals surface area contributed by atoms with Crippen molar-refractivity contribution in [2.24, 2.45) is 0 Å². The molecule has 0 rings (SSSR count). The number of thioether (sulfide) groups is 1. The fraction of sp³-hybridized carbons (Fsp3) is 0.846. The number of carbonyl (C=O) groups is 2. The first-order valence-corrected chi connectivity index (χ1v) is 8.07. The van der Waals surface area contributed by atoms with Crippen LogP contribution in [0.3, 0.4) is 0 Å². The predicted octanol–water partition coefficient (Wildman–Crippen LogP) is 1.65. The summed E-state index contributed by atoms with van der Waals surface area (Å²) in [5.41, 5.74) is 0. The average molecular weight is 306 g/mol. The van der Waals surface area contributed by atoms with E-state index >= 15 is 0 Å². The smallest absolute Gasteiger partial charge is 0.326 e. The molecule has 118 valence electrons. The average Bonchev–Trinajstić information content (AvgIpc) is 2.42. The number of hydrogen-bond acceptors (Lipinski definition) is 4. The van der Waals surface area contributed by atoms with Crippen LogP contribution in [0.4, 0.5) is 4.79 Å². The van der Waals surface area contributed by atoms with Crippen LogP contribution in [0.5, 0.6) is 0 Å². The first kappa shape index (κ1) is 19.1. The van der Waals surface area contributed by atoms with Crippen molar-refractivity contribution in [3.63, 3.8) is 0 Å². The van der Waals surface area contributed by atoms with E-state index in [0.717, 1.165) is 12.2 Å². The fourth-order valence-corrected chi connectivity index (χ4v) is 2.20. The number of hydrogen-bond donors (Lipinski definition) is 2. The Morgan fingerprint density at radius 2 is 2.05 bits per heavy atom. The molecule has 0 aliphatic rings. The summed E-state index contributed by atoms with van der Waals surface area (Å²) >= 11 is 1.73. The summed E-state index contributed by atoms with van der Waals surface area (Å²) in [7, 11) is 3.25. The Kier molecular flexibility index (Phi) is 10.3. The van der Waals surface area contributed by atoms with Crippen LogP contribution in [-0.4, -0.2) is 66.9 Å². The van der Waals surface area contributed by atoms with Crippen LogP contribution >= 0.6 is 11.8 Å². The highest BCUT2D eigenvalue weighted by Crippen LogP contribution is 2.07. The largest absolute Gasteiger partial charge is 0.480 e. The minimum Gasteiger partial charge on any atom is -0.480 e. The predicted molar refractivity (Wildman–Crippen MR) is 81.3 cm³/mol. The van der Waals surface area contributed by atoms with Crippen molar-refractivity contribution in [2.75, 3.05) is 32.8 Å². The molecule has 0 spiro atoms. The minimum absolute atomic E-state index is 0.0795. The third-order valence-corrected chi connectivity index (χ3v) is 3.80. The molecule has 2 atom stereocenters. The quantitative estimate of drug-likeness (QED) is 0.600. The molecule has 0 radical (unpaired) electrons. The van der Waals surface area contributed by atoms with Crippen molar-refractivity contribution in [3.05, 3.63) is 0 Å². The lowest BCUT2D eigenvalue weighted by molar-refractivity contribution is -0.139. The van der Waals surface area contributed by atoms with Crippen molar-refractivity contribution in [2.45, 2.75) is 38.3 Å². The Bertz CT molecular complexity index is 302. The highest BCUT2D eigenvalue weighted by atomic mass is 32.2. The molecule has 0 fully saturated rings. The minimum atomic E-state index is -1.01. The second-order valence-corrected chi connectivity index (χ2v) is 5.70. The third kappa shape index (κ3) is 7.59. The number of urea groups is 1. The van der Waals surface area contributed by atoms with Crippen LogP contribution in [0, 0.1) is 0 Å². The van der Waals surface area contributed by atoms with Crippen molar-refractivity contribution in [1.82, 2.24) is 10.2 Å². The number of methoxy groups -OCH3 is 1. The molecular formula is C13H26N2O4S. The van der Waals surface area contributed by atoms with Gasteiger partial charge in [-0.05, 0) is 38.2 Å². The zero-order chi connectivity index (χ0) is 15.5. The number of ether oxygens (including phenoxy) is 1. The van der Waals surface area contributed by atoms with Crippen LogP contribution in [0.1, 0.15) is 26.2 Å². The van der Waals surface area contributed by atoms with E-state index in [1.54, 1.807) is 30.8 Å². The van der Waals surface area contributed by atoms with Gasteiger partial charge in [-0.2, -0.15) is 11.8 Å². The van der Waals surface area contributed by atoms with E-state index < -0.39 is 12.0 Å². The van der Waals surface area contributed by atoms with Crippen LogP contribution in [0.2, 0.25) is 0 Å². The Morgan fingerprint density at radius 1 is 1.40 bits per heavy atom. The number of amides is 2. The maximum absolute atomic E-state index is 12.0. The lowest BCUT2D eigenvalue weighted by Crippen LogP contribution is -2.49. The molecule has 0 bridgehead atoms. The number of aliphatic carboxylic acids is 1. The van der Waals surface area contributed by atoms with E-state index in [0.29, 0.717) is 19.4 Å². The van der Waals surface area contributed by atoms with Gasteiger partial charge in [-0.25, -0.2) is 9.59 Å². The molecule has 0 aliphatic heterocycles. The van der Waals surface area contributed by atoms with E-state index in [2.05, 4.69) is 5.32 Å². The molecular weight excluding hydrogens is 280 g/mol. The summed E-state index contributed by atoms with van der Waals surface area (Å²) in [5, 5.41) is 11.7. The Labute approximate surface area is 125 Å². The summed E-state index contributed by atoms with van der Waals surface area (Å²) < 4.78 is 4.89. The topological polar surface area (TPSA) is 78.9 Å². The van der Waals surface area contributed by atoms with E-state index in [1.165, 1.54) is 0 Å². The normalized spacial score (nSPS) is 13.6. The van der Waals surface area contributed by atoms with E-state index in [1.807, 2.05) is 13.2 Å². The van der Waals surface area contributed by atoms with E-state index in [9.17, 15) is 9.59 Å². The van der Waals surface area contributed by atoms with E-state index in [4.69, 9.17) is 9.84 Å². The van der Waals surface area contributed by atoms with Crippen molar-refractivity contribution < 1.29 is 19.4 Å². The van der Waals surface area contributed by atoms with Gasteiger partial charge in [-0.15, -0.1) is 0 Å². The van der Waals surface area contributed by atoms with Gasteiger partial charge in [0.15, 0.2) is 0 Å². The van der Waals surface area contributed by atoms with Crippen molar-refractivity contribution in [3.8, 4) is 0 Å². The molecule has 7 heteroatoms. The van der Waals surface area contributed by atoms with Crippen molar-refractivity contribution >= 4 is 23.8 Å². The lowest BCUT2D eigenvalue weighted by Gasteiger charge is -2.26. The Morgan fingerprint density at radius 3 is 2.55 bits per heavy atom. The first-order valence-electron chi connectivity index (χ1n) is 6.68. The van der Waals surface area contributed by atoms with Gasteiger partial charge in [-0.1, -0.05) is 0 Å². The Hall–Kier alpha value is -0.950. The second kappa shape index (κ2) is 10.8. The number of nitrogens with zero attached hydrogens (tertiary/aromatic N) is 1. The molecule has 6 nitrogen and oxygen atoms in total. The highest BCUT2D eigenvalue weighted by Gasteiger charge is 2.23. The SMILES string of the molecule is COCCCC(NC(=O)N(C)C(C)CCSC)C(=O)O. The molecule has 20 heavy (non-hydrogen) atoms. The lowest BCUT2D eigenvalue weighted by atomic mass is 10.1. The number of rotatable bonds is 10. The Balaban J connectivity index is 4.32. The highest BCUT2D eigenvalue weighted by molar-refractivity contribution is 7.98. The molecule has 0 aromatic carbocycles. The summed E-state index contributed by atoms with van der Waals surface area (Å²) in [6.45, 7) is 2.44. The zero-order valence-corrected chi connectivity index (χ0v) is 13.5. The summed E-state index contributed by atoms with van der Waals surface area (Å²) in [4.78, 5) is 24.7. The van der Waals surface area contributed by atoms with Gasteiger partial charge in [0.2, 0.25) is 0 Å². The number of carbonyl (C=O) groups excluding carboxylic acids is 1. The van der Waals surface area contributed by atoms with Crippen LogP contribution in [-0.2, 0) is 9.53 Å². The molecule has 0 aromatic rings. The van der Waals surface area contributed by atoms with Gasteiger partial charge in [0.05, 0.1) is 0 Å². The molecule has 0 saturated carbocycles. The molecule has 0 aliphatic carbocycles. The van der Waals surface area contributed by atoms with Gasteiger partial charge in [-0.3, -0.25) is 0 Å². The molecule has 2 N–H and O–H groups in total. The van der Waals surface area contributed by atoms with Gasteiger partial charge >= 0.3 is 12.0 Å². The van der Waals surface area contributed by atoms with Crippen LogP contribution in [0.25, 0.3) is 0 Å². The van der Waals surface area contributed by atoms with Gasteiger partial charge in [0.25, 0.3) is 0 Å². The molecule has 0 saturated heterocycles. The second-order valence-electron chi connectivity index (χ2n) is 4.72. The number of carboxylic acids is 1. The molecule has 2 amide bonds. The summed E-state index contributed by atoms with van der Waals surface area (Å²) in [6, 6.07) is -1.13. The fourth-order valence-electron chi connectivity index (χ4n) is 1.62. The number of nitrogens with one attached hydrogen (secondary N) is 1. The third-order valence-electron chi connectivity index (χ3n) is 3.16. The zero-order valence-electron chi connectivity index (χ0n) is 12.7. The standard InChI is InChI=1S/C13H26N2O4S/c1-10(7-9-20-4)15(2)13(18)14-11(12(16)17)6-5-8-19-3/h10-11H,5-9H2,1-4H3,(H,14,18)(H,16,17). The van der Waals surface area contributed by atoms with Crippen LogP contribution in [0.15, 0.2) is 0 Å². The first-order chi connectivity index (χ1) is 9.43. The monoisotopic (exact) mass is 306 g/mol. The maximum atomic E-state index is 12.0.